The van der Waals surface area contributed by atoms with Crippen LogP contribution in [0, 0.1) is 17.1 Å². The van der Waals surface area contributed by atoms with Gasteiger partial charge < -0.3 is 5.32 Å². The second-order valence-electron chi connectivity index (χ2n) is 4.12. The Morgan fingerprint density at radius 2 is 1.95 bits per heavy atom. The zero-order valence-electron chi connectivity index (χ0n) is 10.2. The largest absolute Gasteiger partial charge is 0.309 e. The topological polar surface area (TPSA) is 35.8 Å². The van der Waals surface area contributed by atoms with E-state index in [1.54, 1.807) is 12.1 Å². The van der Waals surface area contributed by atoms with Crippen molar-refractivity contribution in [3.63, 3.8) is 0 Å². The Bertz CT molecular complexity index is 620. The van der Waals surface area contributed by atoms with Crippen LogP contribution >= 0.6 is 11.6 Å². The zero-order chi connectivity index (χ0) is 13.7. The van der Waals surface area contributed by atoms with E-state index < -0.39 is 5.82 Å². The van der Waals surface area contributed by atoms with E-state index in [1.807, 2.05) is 30.3 Å². The number of hydrogen-bond donors (Lipinski definition) is 1. The smallest absolute Gasteiger partial charge is 0.140 e. The molecule has 0 aliphatic rings. The molecule has 96 valence electrons. The van der Waals surface area contributed by atoms with Crippen LogP contribution in [0.15, 0.2) is 42.5 Å². The molecular formula is C15H12ClFN2. The van der Waals surface area contributed by atoms with Gasteiger partial charge in [0.15, 0.2) is 0 Å². The summed E-state index contributed by atoms with van der Waals surface area (Å²) in [5, 5.41) is 12.7. The molecule has 0 saturated heterocycles. The first-order valence-electron chi connectivity index (χ1n) is 5.83. The van der Waals surface area contributed by atoms with Gasteiger partial charge in [0, 0.05) is 18.1 Å². The molecule has 0 heterocycles. The molecule has 0 unspecified atom stereocenters. The van der Waals surface area contributed by atoms with Crippen molar-refractivity contribution in [3.05, 3.63) is 70.0 Å². The maximum atomic E-state index is 13.1. The maximum absolute atomic E-state index is 13.1. The molecular weight excluding hydrogens is 263 g/mol. The van der Waals surface area contributed by atoms with Crippen LogP contribution < -0.4 is 5.32 Å². The molecule has 0 spiro atoms. The zero-order valence-corrected chi connectivity index (χ0v) is 10.9. The fourth-order valence-electron chi connectivity index (χ4n) is 1.75. The van der Waals surface area contributed by atoms with Gasteiger partial charge in [-0.2, -0.15) is 5.26 Å². The standard InChI is InChI=1S/C15H12ClFN2/c16-14-4-2-1-3-12(14)10-19-9-11-5-6-15(17)13(7-11)8-18/h1-7,19H,9-10H2. The molecule has 0 radical (unpaired) electrons. The highest BCUT2D eigenvalue weighted by Crippen LogP contribution is 2.15. The summed E-state index contributed by atoms with van der Waals surface area (Å²) < 4.78 is 13.1. The number of nitrogens with one attached hydrogen (secondary N) is 1. The lowest BCUT2D eigenvalue weighted by molar-refractivity contribution is 0.621. The average molecular weight is 275 g/mol. The van der Waals surface area contributed by atoms with Gasteiger partial charge in [0.1, 0.15) is 11.9 Å². The van der Waals surface area contributed by atoms with Crippen LogP contribution in [0.25, 0.3) is 0 Å². The molecule has 2 aromatic carbocycles. The molecule has 19 heavy (non-hydrogen) atoms. The lowest BCUT2D eigenvalue weighted by Crippen LogP contribution is -2.13. The second-order valence-corrected chi connectivity index (χ2v) is 4.53. The first kappa shape index (κ1) is 13.5. The Labute approximate surface area is 116 Å². The van der Waals surface area contributed by atoms with E-state index in [1.165, 1.54) is 6.07 Å². The van der Waals surface area contributed by atoms with Crippen molar-refractivity contribution in [2.75, 3.05) is 0 Å². The van der Waals surface area contributed by atoms with Crippen molar-refractivity contribution in [3.8, 4) is 6.07 Å². The molecule has 0 bridgehead atoms. The minimum atomic E-state index is -0.489. The van der Waals surface area contributed by atoms with E-state index in [9.17, 15) is 4.39 Å². The molecule has 0 saturated carbocycles. The third-order valence-corrected chi connectivity index (χ3v) is 3.12. The quantitative estimate of drug-likeness (QED) is 0.924. The first-order valence-corrected chi connectivity index (χ1v) is 6.21. The fourth-order valence-corrected chi connectivity index (χ4v) is 1.95. The fraction of sp³-hybridized carbons (Fsp3) is 0.133. The molecule has 0 atom stereocenters. The van der Waals surface area contributed by atoms with E-state index in [0.717, 1.165) is 11.1 Å². The van der Waals surface area contributed by atoms with Gasteiger partial charge in [0.2, 0.25) is 0 Å². The highest BCUT2D eigenvalue weighted by atomic mass is 35.5. The number of benzene rings is 2. The van der Waals surface area contributed by atoms with Crippen LogP contribution in [0.3, 0.4) is 0 Å². The van der Waals surface area contributed by atoms with Gasteiger partial charge >= 0.3 is 0 Å². The van der Waals surface area contributed by atoms with Gasteiger partial charge in [-0.15, -0.1) is 0 Å². The highest BCUT2D eigenvalue weighted by molar-refractivity contribution is 6.31. The lowest BCUT2D eigenvalue weighted by atomic mass is 10.1. The molecule has 0 aliphatic carbocycles. The van der Waals surface area contributed by atoms with Crippen molar-refractivity contribution in [1.82, 2.24) is 5.32 Å². The number of halogens is 2. The Hall–Kier alpha value is -1.89. The predicted octanol–water partition coefficient (Wildman–Crippen LogP) is 3.64. The Balaban J connectivity index is 1.97. The molecule has 4 heteroatoms. The Morgan fingerprint density at radius 3 is 2.68 bits per heavy atom. The van der Waals surface area contributed by atoms with Crippen LogP contribution in [0.4, 0.5) is 4.39 Å². The van der Waals surface area contributed by atoms with Crippen molar-refractivity contribution >= 4 is 11.6 Å². The van der Waals surface area contributed by atoms with E-state index in [4.69, 9.17) is 16.9 Å². The van der Waals surface area contributed by atoms with E-state index in [0.29, 0.717) is 18.1 Å². The molecule has 0 amide bonds. The Kier molecular flexibility index (Phi) is 4.51. The summed E-state index contributed by atoms with van der Waals surface area (Å²) in [6.07, 6.45) is 0. The summed E-state index contributed by atoms with van der Waals surface area (Å²) in [5.41, 5.74) is 1.94. The van der Waals surface area contributed by atoms with Crippen LogP contribution in [0.1, 0.15) is 16.7 Å². The van der Waals surface area contributed by atoms with E-state index in [-0.39, 0.29) is 5.56 Å². The monoisotopic (exact) mass is 274 g/mol. The molecule has 0 aromatic heterocycles. The lowest BCUT2D eigenvalue weighted by Gasteiger charge is -2.07. The predicted molar refractivity (Wildman–Crippen MR) is 73.1 cm³/mol. The van der Waals surface area contributed by atoms with Crippen molar-refractivity contribution in [2.24, 2.45) is 0 Å². The van der Waals surface area contributed by atoms with Crippen LogP contribution in [-0.2, 0) is 13.1 Å². The molecule has 1 N–H and O–H groups in total. The molecule has 2 aromatic rings. The first-order chi connectivity index (χ1) is 9.20. The van der Waals surface area contributed by atoms with Crippen molar-refractivity contribution in [1.29, 1.82) is 5.26 Å². The Morgan fingerprint density at radius 1 is 1.16 bits per heavy atom. The number of nitrogens with zero attached hydrogens (tertiary/aromatic N) is 1. The highest BCUT2D eigenvalue weighted by Gasteiger charge is 2.03. The number of rotatable bonds is 4. The summed E-state index contributed by atoms with van der Waals surface area (Å²) in [4.78, 5) is 0. The van der Waals surface area contributed by atoms with Gasteiger partial charge in [0.05, 0.1) is 5.56 Å². The van der Waals surface area contributed by atoms with Crippen LogP contribution in [0.5, 0.6) is 0 Å². The van der Waals surface area contributed by atoms with Gasteiger partial charge in [-0.1, -0.05) is 35.9 Å². The second kappa shape index (κ2) is 6.33. The third-order valence-electron chi connectivity index (χ3n) is 2.75. The van der Waals surface area contributed by atoms with Crippen LogP contribution in [-0.4, -0.2) is 0 Å². The van der Waals surface area contributed by atoms with Crippen LogP contribution in [0.2, 0.25) is 5.02 Å². The third kappa shape index (κ3) is 3.54. The minimum Gasteiger partial charge on any atom is -0.309 e. The summed E-state index contributed by atoms with van der Waals surface area (Å²) in [5.74, 6) is -0.489. The normalized spacial score (nSPS) is 10.2. The van der Waals surface area contributed by atoms with Gasteiger partial charge in [-0.25, -0.2) is 4.39 Å². The van der Waals surface area contributed by atoms with Crippen molar-refractivity contribution < 1.29 is 4.39 Å². The van der Waals surface area contributed by atoms with Gasteiger partial charge in [-0.3, -0.25) is 0 Å². The van der Waals surface area contributed by atoms with Gasteiger partial charge in [-0.05, 0) is 29.3 Å². The summed E-state index contributed by atoms with van der Waals surface area (Å²) in [6, 6.07) is 13.9. The SMILES string of the molecule is N#Cc1cc(CNCc2ccccc2Cl)ccc1F. The molecule has 0 aliphatic heterocycles. The summed E-state index contributed by atoms with van der Waals surface area (Å²) in [6.45, 7) is 1.18. The maximum Gasteiger partial charge on any atom is 0.140 e. The van der Waals surface area contributed by atoms with Crippen molar-refractivity contribution in [2.45, 2.75) is 13.1 Å². The molecule has 0 fully saturated rings. The number of nitriles is 1. The molecule has 2 nitrogen and oxygen atoms in total. The molecule has 2 rings (SSSR count). The minimum absolute atomic E-state index is 0.0667. The summed E-state index contributed by atoms with van der Waals surface area (Å²) in [7, 11) is 0. The number of hydrogen-bond acceptors (Lipinski definition) is 2. The van der Waals surface area contributed by atoms with E-state index >= 15 is 0 Å². The average Bonchev–Trinajstić information content (AvgIpc) is 2.43. The van der Waals surface area contributed by atoms with Gasteiger partial charge in [0.25, 0.3) is 0 Å². The summed E-state index contributed by atoms with van der Waals surface area (Å²) >= 11 is 6.04. The van der Waals surface area contributed by atoms with E-state index in [2.05, 4.69) is 5.32 Å².